The highest BCUT2D eigenvalue weighted by atomic mass is 35.5. The number of rotatable bonds is 4. The zero-order chi connectivity index (χ0) is 8.10. The molecule has 11 heavy (non-hydrogen) atoms. The number of hydrogen-bond donors (Lipinski definition) is 3. The van der Waals surface area contributed by atoms with E-state index in [1.54, 1.807) is 0 Å². The molecule has 1 aromatic heterocycles. The van der Waals surface area contributed by atoms with Gasteiger partial charge >= 0.3 is 0 Å². The van der Waals surface area contributed by atoms with E-state index < -0.39 is 0 Å². The predicted octanol–water partition coefficient (Wildman–Crippen LogP) is 0.145. The average molecular weight is 176 g/mol. The zero-order valence-electron chi connectivity index (χ0n) is 5.97. The molecule has 0 unspecified atom stereocenters. The Morgan fingerprint density at radius 2 is 2.55 bits per heavy atom. The van der Waals surface area contributed by atoms with Crippen LogP contribution in [-0.4, -0.2) is 28.2 Å². The van der Waals surface area contributed by atoms with Gasteiger partial charge in [0.1, 0.15) is 0 Å². The van der Waals surface area contributed by atoms with Gasteiger partial charge in [0.25, 0.3) is 0 Å². The Labute approximate surface area is 69.6 Å². The molecule has 0 atom stereocenters. The minimum Gasteiger partial charge on any atom is -0.395 e. The molecule has 1 heterocycles. The molecule has 3 N–H and O–H groups in total. The molecule has 5 heteroatoms. The van der Waals surface area contributed by atoms with Gasteiger partial charge in [0.2, 0.25) is 0 Å². The molecular formula is C6H10ClN3O. The molecule has 0 amide bonds. The number of nitrogens with zero attached hydrogens (tertiary/aromatic N) is 1. The maximum Gasteiger partial charge on any atom is 0.151 e. The van der Waals surface area contributed by atoms with Crippen LogP contribution in [0.1, 0.15) is 5.69 Å². The molecule has 0 aliphatic carbocycles. The molecule has 1 rings (SSSR count). The minimum absolute atomic E-state index is 0.131. The highest BCUT2D eigenvalue weighted by Gasteiger charge is 1.99. The van der Waals surface area contributed by atoms with E-state index in [9.17, 15) is 0 Å². The first kappa shape index (κ1) is 8.52. The van der Waals surface area contributed by atoms with E-state index in [4.69, 9.17) is 16.7 Å². The third-order valence-corrected chi connectivity index (χ3v) is 1.58. The van der Waals surface area contributed by atoms with Gasteiger partial charge in [-0.3, -0.25) is 0 Å². The van der Waals surface area contributed by atoms with Crippen molar-refractivity contribution < 1.29 is 5.11 Å². The lowest BCUT2D eigenvalue weighted by atomic mass is 10.4. The van der Waals surface area contributed by atoms with Crippen LogP contribution in [0.15, 0.2) is 6.33 Å². The average Bonchev–Trinajstić information content (AvgIpc) is 2.37. The van der Waals surface area contributed by atoms with E-state index in [1.807, 2.05) is 0 Å². The molecule has 0 fully saturated rings. The van der Waals surface area contributed by atoms with Crippen LogP contribution in [0, 0.1) is 0 Å². The zero-order valence-corrected chi connectivity index (χ0v) is 6.73. The first-order valence-corrected chi connectivity index (χ1v) is 3.71. The van der Waals surface area contributed by atoms with Crippen molar-refractivity contribution in [3.8, 4) is 0 Å². The topological polar surface area (TPSA) is 60.9 Å². The molecule has 0 aliphatic heterocycles. The molecule has 0 aliphatic rings. The van der Waals surface area contributed by atoms with Crippen molar-refractivity contribution >= 4 is 11.6 Å². The second kappa shape index (κ2) is 4.33. The van der Waals surface area contributed by atoms with Crippen LogP contribution in [0.4, 0.5) is 0 Å². The van der Waals surface area contributed by atoms with Crippen molar-refractivity contribution in [1.29, 1.82) is 0 Å². The Kier molecular flexibility index (Phi) is 3.35. The normalized spacial score (nSPS) is 10.4. The van der Waals surface area contributed by atoms with Crippen LogP contribution in [0.5, 0.6) is 0 Å². The van der Waals surface area contributed by atoms with Crippen LogP contribution >= 0.6 is 11.6 Å². The largest absolute Gasteiger partial charge is 0.395 e. The number of aliphatic hydroxyl groups is 1. The lowest BCUT2D eigenvalue weighted by Crippen LogP contribution is -2.17. The number of aliphatic hydroxyl groups excluding tert-OH is 1. The van der Waals surface area contributed by atoms with Crippen molar-refractivity contribution in [2.45, 2.75) is 6.54 Å². The fraction of sp³-hybridized carbons (Fsp3) is 0.500. The standard InChI is InChI=1S/C6H10ClN3O/c7-6-5(9-4-10-6)3-8-1-2-11/h4,8,11H,1-3H2,(H,9,10). The summed E-state index contributed by atoms with van der Waals surface area (Å²) in [5.74, 6) is 0. The number of aromatic amines is 1. The van der Waals surface area contributed by atoms with Crippen LogP contribution < -0.4 is 5.32 Å². The molecule has 62 valence electrons. The summed E-state index contributed by atoms with van der Waals surface area (Å²) < 4.78 is 0. The van der Waals surface area contributed by atoms with Gasteiger partial charge in [0, 0.05) is 13.1 Å². The van der Waals surface area contributed by atoms with E-state index in [0.717, 1.165) is 5.69 Å². The summed E-state index contributed by atoms with van der Waals surface area (Å²) in [5, 5.41) is 11.9. The fourth-order valence-electron chi connectivity index (χ4n) is 0.721. The molecule has 4 nitrogen and oxygen atoms in total. The molecule has 1 aromatic rings. The van der Waals surface area contributed by atoms with Gasteiger partial charge in [0.15, 0.2) is 5.15 Å². The highest BCUT2D eigenvalue weighted by molar-refractivity contribution is 6.30. The molecule has 0 saturated heterocycles. The Morgan fingerprint density at radius 1 is 1.73 bits per heavy atom. The van der Waals surface area contributed by atoms with E-state index in [-0.39, 0.29) is 6.61 Å². The Bertz CT molecular complexity index is 213. The monoisotopic (exact) mass is 175 g/mol. The number of aromatic nitrogens is 2. The summed E-state index contributed by atoms with van der Waals surface area (Å²) in [5.41, 5.74) is 0.847. The predicted molar refractivity (Wildman–Crippen MR) is 42.4 cm³/mol. The Balaban J connectivity index is 2.32. The second-order valence-corrected chi connectivity index (χ2v) is 2.43. The van der Waals surface area contributed by atoms with Crippen LogP contribution in [-0.2, 0) is 6.54 Å². The molecule has 0 aromatic carbocycles. The first-order valence-electron chi connectivity index (χ1n) is 3.34. The molecule has 0 radical (unpaired) electrons. The molecule has 0 bridgehead atoms. The van der Waals surface area contributed by atoms with Gasteiger partial charge in [0.05, 0.1) is 18.6 Å². The van der Waals surface area contributed by atoms with Crippen molar-refractivity contribution in [3.63, 3.8) is 0 Å². The van der Waals surface area contributed by atoms with Crippen molar-refractivity contribution in [2.75, 3.05) is 13.2 Å². The lowest BCUT2D eigenvalue weighted by molar-refractivity contribution is 0.291. The number of H-pyrrole nitrogens is 1. The van der Waals surface area contributed by atoms with Crippen LogP contribution in [0.3, 0.4) is 0 Å². The highest BCUT2D eigenvalue weighted by Crippen LogP contribution is 2.07. The van der Waals surface area contributed by atoms with Crippen molar-refractivity contribution in [1.82, 2.24) is 15.3 Å². The molecule has 0 saturated carbocycles. The Morgan fingerprint density at radius 3 is 3.09 bits per heavy atom. The van der Waals surface area contributed by atoms with Gasteiger partial charge in [-0.2, -0.15) is 0 Å². The summed E-state index contributed by atoms with van der Waals surface area (Å²) in [6, 6.07) is 0. The fourth-order valence-corrected chi connectivity index (χ4v) is 0.891. The maximum atomic E-state index is 8.44. The summed E-state index contributed by atoms with van der Waals surface area (Å²) in [6.07, 6.45) is 1.54. The SMILES string of the molecule is OCCNCc1[nH]cnc1Cl. The maximum absolute atomic E-state index is 8.44. The summed E-state index contributed by atoms with van der Waals surface area (Å²) in [6.45, 7) is 1.31. The third-order valence-electron chi connectivity index (χ3n) is 1.26. The minimum atomic E-state index is 0.131. The summed E-state index contributed by atoms with van der Waals surface area (Å²) in [7, 11) is 0. The van der Waals surface area contributed by atoms with Gasteiger partial charge < -0.3 is 15.4 Å². The van der Waals surface area contributed by atoms with Crippen molar-refractivity contribution in [2.24, 2.45) is 0 Å². The van der Waals surface area contributed by atoms with E-state index in [1.165, 1.54) is 6.33 Å². The van der Waals surface area contributed by atoms with Gasteiger partial charge in [-0.25, -0.2) is 4.98 Å². The molecular weight excluding hydrogens is 166 g/mol. The van der Waals surface area contributed by atoms with E-state index >= 15 is 0 Å². The number of imidazole rings is 1. The number of halogens is 1. The van der Waals surface area contributed by atoms with E-state index in [0.29, 0.717) is 18.2 Å². The van der Waals surface area contributed by atoms with E-state index in [2.05, 4.69) is 15.3 Å². The third kappa shape index (κ3) is 2.49. The Hall–Kier alpha value is -0.580. The lowest BCUT2D eigenvalue weighted by Gasteiger charge is -1.98. The van der Waals surface area contributed by atoms with Gasteiger partial charge in [-0.15, -0.1) is 0 Å². The summed E-state index contributed by atoms with van der Waals surface area (Å²) in [4.78, 5) is 6.68. The smallest absolute Gasteiger partial charge is 0.151 e. The van der Waals surface area contributed by atoms with Crippen LogP contribution in [0.25, 0.3) is 0 Å². The van der Waals surface area contributed by atoms with Gasteiger partial charge in [-0.05, 0) is 0 Å². The van der Waals surface area contributed by atoms with Gasteiger partial charge in [-0.1, -0.05) is 11.6 Å². The number of hydrogen-bond acceptors (Lipinski definition) is 3. The van der Waals surface area contributed by atoms with Crippen molar-refractivity contribution in [3.05, 3.63) is 17.2 Å². The first-order chi connectivity index (χ1) is 5.34. The van der Waals surface area contributed by atoms with Crippen LogP contribution in [0.2, 0.25) is 5.15 Å². The second-order valence-electron chi connectivity index (χ2n) is 2.07. The quantitative estimate of drug-likeness (QED) is 0.571. The summed E-state index contributed by atoms with van der Waals surface area (Å²) >= 11 is 5.67. The molecule has 0 spiro atoms. The number of nitrogens with one attached hydrogen (secondary N) is 2.